The van der Waals surface area contributed by atoms with E-state index in [2.05, 4.69) is 36.9 Å². The quantitative estimate of drug-likeness (QED) is 0.805. The largest absolute Gasteiger partial charge is 0.347 e. The summed E-state index contributed by atoms with van der Waals surface area (Å²) in [5.41, 5.74) is 2.58. The van der Waals surface area contributed by atoms with Crippen LogP contribution in [0.5, 0.6) is 0 Å². The summed E-state index contributed by atoms with van der Waals surface area (Å²) in [6.07, 6.45) is 2.65. The van der Waals surface area contributed by atoms with Crippen molar-refractivity contribution in [3.8, 4) is 0 Å². The lowest BCUT2D eigenvalue weighted by atomic mass is 9.96. The minimum absolute atomic E-state index is 0.149. The molecule has 1 fully saturated rings. The zero-order valence-electron chi connectivity index (χ0n) is 9.96. The SMILES string of the molecule is CC(C)(C1CC1)N1Cc2ccccc2C1=N. The van der Waals surface area contributed by atoms with Gasteiger partial charge in [0.2, 0.25) is 0 Å². The van der Waals surface area contributed by atoms with E-state index in [0.717, 1.165) is 18.0 Å². The van der Waals surface area contributed by atoms with Crippen molar-refractivity contribution in [2.75, 3.05) is 0 Å². The van der Waals surface area contributed by atoms with Crippen LogP contribution >= 0.6 is 0 Å². The first kappa shape index (κ1) is 9.88. The Labute approximate surface area is 96.8 Å². The number of benzene rings is 1. The van der Waals surface area contributed by atoms with Gasteiger partial charge in [0.05, 0.1) is 0 Å². The summed E-state index contributed by atoms with van der Waals surface area (Å²) in [7, 11) is 0. The van der Waals surface area contributed by atoms with Crippen LogP contribution in [0.3, 0.4) is 0 Å². The molecule has 0 unspecified atom stereocenters. The highest BCUT2D eigenvalue weighted by molar-refractivity contribution is 6.00. The molecule has 3 rings (SSSR count). The first-order chi connectivity index (χ1) is 7.60. The van der Waals surface area contributed by atoms with Gasteiger partial charge in [0, 0.05) is 17.6 Å². The molecule has 0 saturated heterocycles. The van der Waals surface area contributed by atoms with E-state index in [1.165, 1.54) is 18.4 Å². The smallest absolute Gasteiger partial charge is 0.129 e. The molecule has 2 nitrogen and oxygen atoms in total. The van der Waals surface area contributed by atoms with Gasteiger partial charge >= 0.3 is 0 Å². The van der Waals surface area contributed by atoms with Gasteiger partial charge in [0.1, 0.15) is 5.84 Å². The van der Waals surface area contributed by atoms with Crippen molar-refractivity contribution in [3.05, 3.63) is 35.4 Å². The molecule has 2 heteroatoms. The summed E-state index contributed by atoms with van der Waals surface area (Å²) >= 11 is 0. The molecule has 0 aromatic heterocycles. The number of amidine groups is 1. The number of rotatable bonds is 2. The second-order valence-electron chi connectivity index (χ2n) is 5.52. The molecule has 0 atom stereocenters. The second-order valence-corrected chi connectivity index (χ2v) is 5.52. The molecule has 16 heavy (non-hydrogen) atoms. The number of nitrogens with zero attached hydrogens (tertiary/aromatic N) is 1. The van der Waals surface area contributed by atoms with Crippen LogP contribution in [-0.2, 0) is 6.54 Å². The van der Waals surface area contributed by atoms with Crippen molar-refractivity contribution >= 4 is 5.84 Å². The predicted molar refractivity (Wildman–Crippen MR) is 65.6 cm³/mol. The van der Waals surface area contributed by atoms with Crippen LogP contribution in [-0.4, -0.2) is 16.3 Å². The van der Waals surface area contributed by atoms with Gasteiger partial charge in [0.25, 0.3) is 0 Å². The van der Waals surface area contributed by atoms with Crippen molar-refractivity contribution in [1.29, 1.82) is 5.41 Å². The maximum Gasteiger partial charge on any atom is 0.129 e. The number of fused-ring (bicyclic) bond motifs is 1. The Bertz CT molecular complexity index is 444. The standard InChI is InChI=1S/C14H18N2/c1-14(2,11-7-8-11)16-9-10-5-3-4-6-12(10)13(16)15/h3-6,11,15H,7-9H2,1-2H3. The predicted octanol–water partition coefficient (Wildman–Crippen LogP) is 3.02. The summed E-state index contributed by atoms with van der Waals surface area (Å²) in [6.45, 7) is 5.48. The van der Waals surface area contributed by atoms with Crippen molar-refractivity contribution in [3.63, 3.8) is 0 Å². The average Bonchev–Trinajstić information content (AvgIpc) is 3.05. The van der Waals surface area contributed by atoms with Gasteiger partial charge < -0.3 is 4.90 Å². The third-order valence-corrected chi connectivity index (χ3v) is 4.14. The lowest BCUT2D eigenvalue weighted by Gasteiger charge is -2.37. The minimum atomic E-state index is 0.149. The molecule has 0 radical (unpaired) electrons. The van der Waals surface area contributed by atoms with Crippen molar-refractivity contribution in [1.82, 2.24) is 4.90 Å². The number of nitrogens with one attached hydrogen (secondary N) is 1. The normalized spacial score (nSPS) is 20.1. The molecule has 1 saturated carbocycles. The fraction of sp³-hybridized carbons (Fsp3) is 0.500. The van der Waals surface area contributed by atoms with Gasteiger partial charge in [-0.25, -0.2) is 0 Å². The summed E-state index contributed by atoms with van der Waals surface area (Å²) in [4.78, 5) is 2.27. The third kappa shape index (κ3) is 1.29. The highest BCUT2D eigenvalue weighted by Crippen LogP contribution is 2.45. The molecule has 1 aromatic rings. The van der Waals surface area contributed by atoms with E-state index < -0.39 is 0 Å². The lowest BCUT2D eigenvalue weighted by molar-refractivity contribution is 0.184. The molecule has 1 aromatic carbocycles. The minimum Gasteiger partial charge on any atom is -0.347 e. The zero-order chi connectivity index (χ0) is 11.3. The van der Waals surface area contributed by atoms with Gasteiger partial charge in [-0.05, 0) is 38.2 Å². The molecule has 84 valence electrons. The van der Waals surface area contributed by atoms with E-state index in [9.17, 15) is 0 Å². The van der Waals surface area contributed by atoms with Gasteiger partial charge in [-0.1, -0.05) is 24.3 Å². The Kier molecular flexibility index (Phi) is 1.91. The van der Waals surface area contributed by atoms with E-state index in [4.69, 9.17) is 5.41 Å². The lowest BCUT2D eigenvalue weighted by Crippen LogP contribution is -2.45. The van der Waals surface area contributed by atoms with E-state index in [1.807, 2.05) is 6.07 Å². The van der Waals surface area contributed by atoms with E-state index in [1.54, 1.807) is 0 Å². The Morgan fingerprint density at radius 3 is 2.56 bits per heavy atom. The fourth-order valence-corrected chi connectivity index (χ4v) is 2.79. The fourth-order valence-electron chi connectivity index (χ4n) is 2.79. The number of hydrogen-bond donors (Lipinski definition) is 1. The number of hydrogen-bond acceptors (Lipinski definition) is 1. The molecular formula is C14H18N2. The second kappa shape index (κ2) is 3.09. The molecule has 0 amide bonds. The molecule has 2 aliphatic rings. The highest BCUT2D eigenvalue weighted by atomic mass is 15.2. The van der Waals surface area contributed by atoms with E-state index >= 15 is 0 Å². The van der Waals surface area contributed by atoms with Crippen LogP contribution in [0.15, 0.2) is 24.3 Å². The summed E-state index contributed by atoms with van der Waals surface area (Å²) in [5.74, 6) is 1.50. The Hall–Kier alpha value is -1.31. The monoisotopic (exact) mass is 214 g/mol. The summed E-state index contributed by atoms with van der Waals surface area (Å²) < 4.78 is 0. The van der Waals surface area contributed by atoms with Crippen LogP contribution < -0.4 is 0 Å². The molecule has 1 N–H and O–H groups in total. The zero-order valence-corrected chi connectivity index (χ0v) is 9.96. The van der Waals surface area contributed by atoms with Crippen LogP contribution in [0.1, 0.15) is 37.8 Å². The highest BCUT2D eigenvalue weighted by Gasteiger charge is 2.45. The average molecular weight is 214 g/mol. The van der Waals surface area contributed by atoms with Gasteiger partial charge in [-0.2, -0.15) is 0 Å². The first-order valence-electron chi connectivity index (χ1n) is 6.05. The van der Waals surface area contributed by atoms with Crippen molar-refractivity contribution in [2.45, 2.75) is 38.8 Å². The summed E-state index contributed by atoms with van der Waals surface area (Å²) in [5, 5.41) is 8.29. The Morgan fingerprint density at radius 1 is 1.25 bits per heavy atom. The molecule has 1 aliphatic heterocycles. The maximum atomic E-state index is 8.29. The molecular weight excluding hydrogens is 196 g/mol. The topological polar surface area (TPSA) is 27.1 Å². The van der Waals surface area contributed by atoms with Crippen LogP contribution in [0.4, 0.5) is 0 Å². The summed E-state index contributed by atoms with van der Waals surface area (Å²) in [6, 6.07) is 8.31. The van der Waals surface area contributed by atoms with Crippen LogP contribution in [0, 0.1) is 11.3 Å². The molecule has 0 bridgehead atoms. The van der Waals surface area contributed by atoms with Crippen LogP contribution in [0.2, 0.25) is 0 Å². The first-order valence-corrected chi connectivity index (χ1v) is 6.05. The Morgan fingerprint density at radius 2 is 1.94 bits per heavy atom. The van der Waals surface area contributed by atoms with Crippen molar-refractivity contribution < 1.29 is 0 Å². The van der Waals surface area contributed by atoms with Crippen LogP contribution in [0.25, 0.3) is 0 Å². The van der Waals surface area contributed by atoms with Gasteiger partial charge in [-0.3, -0.25) is 5.41 Å². The molecule has 1 heterocycles. The van der Waals surface area contributed by atoms with Gasteiger partial charge in [-0.15, -0.1) is 0 Å². The Balaban J connectivity index is 1.95. The maximum absolute atomic E-state index is 8.29. The van der Waals surface area contributed by atoms with E-state index in [-0.39, 0.29) is 5.54 Å². The van der Waals surface area contributed by atoms with Gasteiger partial charge in [0.15, 0.2) is 0 Å². The molecule has 0 spiro atoms. The van der Waals surface area contributed by atoms with E-state index in [0.29, 0.717) is 5.84 Å². The third-order valence-electron chi connectivity index (χ3n) is 4.14. The van der Waals surface area contributed by atoms with Crippen molar-refractivity contribution in [2.24, 2.45) is 5.92 Å². The molecule has 1 aliphatic carbocycles.